The summed E-state index contributed by atoms with van der Waals surface area (Å²) in [4.78, 5) is 0. The van der Waals surface area contributed by atoms with Crippen molar-refractivity contribution in [2.75, 3.05) is 5.43 Å². The van der Waals surface area contributed by atoms with E-state index in [1.807, 2.05) is 36.4 Å². The van der Waals surface area contributed by atoms with E-state index in [0.29, 0.717) is 0 Å². The quantitative estimate of drug-likeness (QED) is 0.476. The van der Waals surface area contributed by atoms with Gasteiger partial charge in [0.2, 0.25) is 0 Å². The van der Waals surface area contributed by atoms with Gasteiger partial charge in [-0.2, -0.15) is 0 Å². The maximum Gasteiger partial charge on any atom is 0.0874 e. The lowest BCUT2D eigenvalue weighted by molar-refractivity contribution is 0.806. The van der Waals surface area contributed by atoms with Crippen molar-refractivity contribution in [2.24, 2.45) is 10.3 Å². The second kappa shape index (κ2) is 7.42. The monoisotopic (exact) mass is 316 g/mol. The molecule has 0 bridgehead atoms. The van der Waals surface area contributed by atoms with Gasteiger partial charge in [0.05, 0.1) is 11.4 Å². The first-order valence-corrected chi connectivity index (χ1v) is 7.87. The highest BCUT2D eigenvalue weighted by Gasteiger charge is 2.05. The summed E-state index contributed by atoms with van der Waals surface area (Å²) >= 11 is 0. The first kappa shape index (κ1) is 15.7. The molecule has 0 amide bonds. The number of hydrazine groups is 1. The van der Waals surface area contributed by atoms with Crippen molar-refractivity contribution in [3.63, 3.8) is 0 Å². The Hall–Kier alpha value is -3.14. The van der Waals surface area contributed by atoms with E-state index in [1.54, 1.807) is 0 Å². The van der Waals surface area contributed by atoms with Gasteiger partial charge < -0.3 is 0 Å². The molecule has 0 heterocycles. The third kappa shape index (κ3) is 3.98. The lowest BCUT2D eigenvalue weighted by Gasteiger charge is -2.12. The number of aryl methyl sites for hydroxylation is 2. The van der Waals surface area contributed by atoms with Crippen LogP contribution in [-0.2, 0) is 0 Å². The second-order valence-electron chi connectivity index (χ2n) is 5.69. The van der Waals surface area contributed by atoms with Crippen molar-refractivity contribution in [2.45, 2.75) is 13.8 Å². The number of nitrogens with one attached hydrogen (secondary N) is 2. The highest BCUT2D eigenvalue weighted by molar-refractivity contribution is 5.78. The molecule has 24 heavy (non-hydrogen) atoms. The summed E-state index contributed by atoms with van der Waals surface area (Å²) in [6.45, 7) is 4.18. The minimum atomic E-state index is 0.800. The predicted octanol–water partition coefficient (Wildman–Crippen LogP) is 5.59. The van der Waals surface area contributed by atoms with E-state index in [2.05, 4.69) is 71.5 Å². The Bertz CT molecular complexity index is 824. The van der Waals surface area contributed by atoms with Gasteiger partial charge in [0.25, 0.3) is 0 Å². The molecule has 3 aromatic rings. The average molecular weight is 316 g/mol. The maximum absolute atomic E-state index is 4.10. The summed E-state index contributed by atoms with van der Waals surface area (Å²) < 4.78 is 0. The van der Waals surface area contributed by atoms with Crippen LogP contribution in [-0.4, -0.2) is 0 Å². The normalized spacial score (nSPS) is 10.8. The molecule has 2 N–H and O–H groups in total. The SMILES string of the molecule is Cc1ccc(-c2cc(C)ccc2NNN=Nc2ccccc2)cc1. The largest absolute Gasteiger partial charge is 0.283 e. The van der Waals surface area contributed by atoms with Crippen molar-refractivity contribution < 1.29 is 0 Å². The Labute approximate surface area is 142 Å². The zero-order chi connectivity index (χ0) is 16.8. The third-order valence-corrected chi connectivity index (χ3v) is 3.70. The van der Waals surface area contributed by atoms with Crippen LogP contribution in [0, 0.1) is 13.8 Å². The zero-order valence-corrected chi connectivity index (χ0v) is 13.8. The molecule has 0 unspecified atom stereocenters. The van der Waals surface area contributed by atoms with Gasteiger partial charge in [0, 0.05) is 5.56 Å². The van der Waals surface area contributed by atoms with Crippen LogP contribution in [0.4, 0.5) is 11.4 Å². The molecular formula is C20H20N4. The van der Waals surface area contributed by atoms with Gasteiger partial charge in [0.1, 0.15) is 0 Å². The van der Waals surface area contributed by atoms with E-state index in [-0.39, 0.29) is 0 Å². The molecule has 0 aromatic heterocycles. The minimum absolute atomic E-state index is 0.800. The van der Waals surface area contributed by atoms with E-state index in [1.165, 1.54) is 11.1 Å². The van der Waals surface area contributed by atoms with Crippen LogP contribution in [0.25, 0.3) is 11.1 Å². The summed E-state index contributed by atoms with van der Waals surface area (Å²) in [5, 5.41) is 8.08. The van der Waals surface area contributed by atoms with Crippen LogP contribution in [0.3, 0.4) is 0 Å². The van der Waals surface area contributed by atoms with Gasteiger partial charge >= 0.3 is 0 Å². The van der Waals surface area contributed by atoms with Crippen LogP contribution < -0.4 is 11.0 Å². The van der Waals surface area contributed by atoms with E-state index < -0.39 is 0 Å². The molecule has 0 aliphatic rings. The van der Waals surface area contributed by atoms with Crippen molar-refractivity contribution in [1.82, 2.24) is 5.53 Å². The Balaban J connectivity index is 1.76. The molecule has 120 valence electrons. The first-order valence-electron chi connectivity index (χ1n) is 7.87. The summed E-state index contributed by atoms with van der Waals surface area (Å²) in [7, 11) is 0. The van der Waals surface area contributed by atoms with Crippen LogP contribution in [0.5, 0.6) is 0 Å². The molecule has 3 aromatic carbocycles. The Morgan fingerprint density at radius 3 is 2.21 bits per heavy atom. The summed E-state index contributed by atoms with van der Waals surface area (Å²) in [6, 6.07) is 24.3. The highest BCUT2D eigenvalue weighted by Crippen LogP contribution is 2.29. The highest BCUT2D eigenvalue weighted by atomic mass is 15.6. The first-order chi connectivity index (χ1) is 11.7. The lowest BCUT2D eigenvalue weighted by Crippen LogP contribution is -2.14. The molecule has 0 saturated heterocycles. The second-order valence-corrected chi connectivity index (χ2v) is 5.69. The molecule has 4 nitrogen and oxygen atoms in total. The summed E-state index contributed by atoms with van der Waals surface area (Å²) in [6.07, 6.45) is 0. The van der Waals surface area contributed by atoms with E-state index in [4.69, 9.17) is 0 Å². The minimum Gasteiger partial charge on any atom is -0.283 e. The molecular weight excluding hydrogens is 296 g/mol. The van der Waals surface area contributed by atoms with Crippen LogP contribution >= 0.6 is 0 Å². The molecule has 0 aliphatic carbocycles. The van der Waals surface area contributed by atoms with Crippen molar-refractivity contribution in [3.8, 4) is 11.1 Å². The Kier molecular flexibility index (Phi) is 4.87. The fraction of sp³-hybridized carbons (Fsp3) is 0.100. The molecule has 0 fully saturated rings. The Morgan fingerprint density at radius 1 is 0.750 bits per heavy atom. The lowest BCUT2D eigenvalue weighted by atomic mass is 10.0. The number of nitrogens with zero attached hydrogens (tertiary/aromatic N) is 2. The number of benzene rings is 3. The smallest absolute Gasteiger partial charge is 0.0874 e. The van der Waals surface area contributed by atoms with Crippen LogP contribution in [0.1, 0.15) is 11.1 Å². The van der Waals surface area contributed by atoms with E-state index >= 15 is 0 Å². The van der Waals surface area contributed by atoms with Gasteiger partial charge in [-0.15, -0.1) is 5.11 Å². The molecule has 0 saturated carbocycles. The summed E-state index contributed by atoms with van der Waals surface area (Å²) in [5.41, 5.74) is 12.4. The number of hydrogen-bond donors (Lipinski definition) is 2. The molecule has 4 heteroatoms. The molecule has 0 aliphatic heterocycles. The predicted molar refractivity (Wildman–Crippen MR) is 99.1 cm³/mol. The molecule has 0 atom stereocenters. The zero-order valence-electron chi connectivity index (χ0n) is 13.8. The number of rotatable bonds is 5. The third-order valence-electron chi connectivity index (χ3n) is 3.70. The molecule has 3 rings (SSSR count). The van der Waals surface area contributed by atoms with Crippen LogP contribution in [0.15, 0.2) is 83.1 Å². The van der Waals surface area contributed by atoms with Gasteiger partial charge in [-0.25, -0.2) is 5.53 Å². The van der Waals surface area contributed by atoms with E-state index in [0.717, 1.165) is 22.5 Å². The van der Waals surface area contributed by atoms with Crippen LogP contribution in [0.2, 0.25) is 0 Å². The van der Waals surface area contributed by atoms with Crippen molar-refractivity contribution in [1.29, 1.82) is 0 Å². The van der Waals surface area contributed by atoms with Crippen molar-refractivity contribution in [3.05, 3.63) is 83.9 Å². The average Bonchev–Trinajstić information content (AvgIpc) is 2.61. The van der Waals surface area contributed by atoms with Gasteiger partial charge in [-0.05, 0) is 43.7 Å². The van der Waals surface area contributed by atoms with Crippen molar-refractivity contribution >= 4 is 11.4 Å². The molecule has 0 radical (unpaired) electrons. The van der Waals surface area contributed by atoms with Gasteiger partial charge in [-0.3, -0.25) is 5.43 Å². The van der Waals surface area contributed by atoms with E-state index in [9.17, 15) is 0 Å². The van der Waals surface area contributed by atoms with Gasteiger partial charge in [0.15, 0.2) is 0 Å². The summed E-state index contributed by atoms with van der Waals surface area (Å²) in [5.74, 6) is 0. The number of hydrogen-bond acceptors (Lipinski definition) is 3. The fourth-order valence-corrected chi connectivity index (χ4v) is 2.40. The maximum atomic E-state index is 4.10. The van der Waals surface area contributed by atoms with Gasteiger partial charge in [-0.1, -0.05) is 64.9 Å². The standard InChI is InChI=1S/C20H20N4/c1-15-8-11-17(12-9-15)19-14-16(2)10-13-20(19)22-24-23-21-18-6-4-3-5-7-18/h3-14H,1-2H3,(H,21,24)(H,22,23). The Morgan fingerprint density at radius 2 is 1.46 bits per heavy atom. The fourth-order valence-electron chi connectivity index (χ4n) is 2.40. The molecule has 0 spiro atoms. The number of anilines is 1. The topological polar surface area (TPSA) is 48.8 Å².